The van der Waals surface area contributed by atoms with E-state index in [1.165, 1.54) is 6.20 Å². The number of aromatic nitrogens is 2. The molecule has 0 amide bonds. The lowest BCUT2D eigenvalue weighted by Crippen LogP contribution is -2.39. The molecule has 0 aromatic carbocycles. The van der Waals surface area contributed by atoms with Crippen LogP contribution in [0.1, 0.15) is 0 Å². The zero-order chi connectivity index (χ0) is 10.7. The highest BCUT2D eigenvalue weighted by Gasteiger charge is 2.09. The summed E-state index contributed by atoms with van der Waals surface area (Å²) in [6.07, 6.45) is 0.107. The monoisotopic (exact) mass is 264 g/mol. The quantitative estimate of drug-likeness (QED) is 0.629. The number of H-pyrrole nitrogens is 1. The van der Waals surface area contributed by atoms with Crippen LogP contribution in [-0.2, 0) is 6.54 Å². The molecule has 78 valence electrons. The van der Waals surface area contributed by atoms with Crippen molar-refractivity contribution in [2.75, 3.05) is 6.61 Å². The van der Waals surface area contributed by atoms with Crippen molar-refractivity contribution in [3.8, 4) is 0 Å². The Hall–Kier alpha value is -0.920. The lowest BCUT2D eigenvalue weighted by atomic mass is 10.4. The van der Waals surface area contributed by atoms with E-state index in [2.05, 4.69) is 20.9 Å². The molecular weight excluding hydrogens is 256 g/mol. The summed E-state index contributed by atoms with van der Waals surface area (Å²) in [5.41, 5.74) is -1.16. The van der Waals surface area contributed by atoms with Crippen LogP contribution in [0.4, 0.5) is 0 Å². The Bertz CT molecular complexity index is 424. The largest absolute Gasteiger partial charge is 0.394 e. The minimum atomic E-state index is -1.12. The van der Waals surface area contributed by atoms with Crippen molar-refractivity contribution in [2.45, 2.75) is 12.6 Å². The van der Waals surface area contributed by atoms with Crippen LogP contribution in [0, 0.1) is 0 Å². The van der Waals surface area contributed by atoms with Crippen molar-refractivity contribution in [3.05, 3.63) is 31.5 Å². The van der Waals surface area contributed by atoms with E-state index in [-0.39, 0.29) is 11.0 Å². The lowest BCUT2D eigenvalue weighted by Gasteiger charge is -2.08. The molecule has 0 saturated carbocycles. The summed E-state index contributed by atoms with van der Waals surface area (Å²) in [7, 11) is 0. The number of hydrogen-bond acceptors (Lipinski definition) is 4. The van der Waals surface area contributed by atoms with Crippen molar-refractivity contribution in [2.24, 2.45) is 0 Å². The summed E-state index contributed by atoms with van der Waals surface area (Å²) in [6.45, 7) is -0.734. The number of nitrogens with zero attached hydrogens (tertiary/aromatic N) is 1. The first-order valence-electron chi connectivity index (χ1n) is 3.83. The van der Waals surface area contributed by atoms with Gasteiger partial charge >= 0.3 is 5.69 Å². The molecule has 1 aromatic heterocycles. The summed E-state index contributed by atoms with van der Waals surface area (Å²) >= 11 is 2.94. The zero-order valence-electron chi connectivity index (χ0n) is 7.11. The highest BCUT2D eigenvalue weighted by atomic mass is 79.9. The van der Waals surface area contributed by atoms with E-state index in [9.17, 15) is 9.59 Å². The molecule has 1 heterocycles. The molecule has 1 unspecified atom stereocenters. The van der Waals surface area contributed by atoms with Gasteiger partial charge in [0.25, 0.3) is 5.56 Å². The number of rotatable bonds is 3. The topological polar surface area (TPSA) is 95.3 Å². The maximum absolute atomic E-state index is 11.3. The standard InChI is InChI=1S/C7H9BrN2O4/c8-5-1-9-7(14)10(6(5)13)2-4(12)3-11/h1,4,11-12H,2-3H2,(H,9,14). The minimum absolute atomic E-state index is 0.197. The Balaban J connectivity index is 3.14. The molecule has 0 aliphatic rings. The van der Waals surface area contributed by atoms with Crippen LogP contribution >= 0.6 is 15.9 Å². The number of nitrogens with one attached hydrogen (secondary N) is 1. The molecule has 1 rings (SSSR count). The van der Waals surface area contributed by atoms with E-state index in [1.54, 1.807) is 0 Å². The van der Waals surface area contributed by atoms with Crippen LogP contribution in [0.3, 0.4) is 0 Å². The highest BCUT2D eigenvalue weighted by Crippen LogP contribution is 1.96. The molecule has 14 heavy (non-hydrogen) atoms. The van der Waals surface area contributed by atoms with Gasteiger partial charge in [-0.05, 0) is 15.9 Å². The van der Waals surface area contributed by atoms with Gasteiger partial charge in [-0.3, -0.25) is 9.36 Å². The Kier molecular flexibility index (Phi) is 3.62. The van der Waals surface area contributed by atoms with E-state index < -0.39 is 24.0 Å². The van der Waals surface area contributed by atoms with Gasteiger partial charge in [-0.2, -0.15) is 0 Å². The van der Waals surface area contributed by atoms with Crippen LogP contribution < -0.4 is 11.2 Å². The lowest BCUT2D eigenvalue weighted by molar-refractivity contribution is 0.0792. The van der Waals surface area contributed by atoms with Crippen molar-refractivity contribution in [1.29, 1.82) is 0 Å². The van der Waals surface area contributed by atoms with Crippen LogP contribution in [-0.4, -0.2) is 32.5 Å². The van der Waals surface area contributed by atoms with E-state index >= 15 is 0 Å². The second-order valence-corrected chi connectivity index (χ2v) is 3.55. The fourth-order valence-electron chi connectivity index (χ4n) is 0.920. The predicted molar refractivity (Wildman–Crippen MR) is 52.1 cm³/mol. The Morgan fingerprint density at radius 1 is 1.57 bits per heavy atom. The molecule has 3 N–H and O–H groups in total. The molecule has 0 fully saturated rings. The second-order valence-electron chi connectivity index (χ2n) is 2.69. The van der Waals surface area contributed by atoms with Gasteiger partial charge in [-0.1, -0.05) is 0 Å². The molecular formula is C7H9BrN2O4. The Labute approximate surface area is 87.0 Å². The van der Waals surface area contributed by atoms with Crippen LogP contribution in [0.5, 0.6) is 0 Å². The number of halogens is 1. The zero-order valence-corrected chi connectivity index (χ0v) is 8.69. The maximum Gasteiger partial charge on any atom is 0.328 e. The molecule has 6 nitrogen and oxygen atoms in total. The van der Waals surface area contributed by atoms with Crippen molar-refractivity contribution < 1.29 is 10.2 Å². The van der Waals surface area contributed by atoms with E-state index in [0.717, 1.165) is 4.57 Å². The Morgan fingerprint density at radius 3 is 2.79 bits per heavy atom. The predicted octanol–water partition coefficient (Wildman–Crippen LogP) is -1.35. The molecule has 0 spiro atoms. The van der Waals surface area contributed by atoms with Crippen molar-refractivity contribution in [1.82, 2.24) is 9.55 Å². The molecule has 0 radical (unpaired) electrons. The van der Waals surface area contributed by atoms with Crippen LogP contribution in [0.25, 0.3) is 0 Å². The first kappa shape index (κ1) is 11.2. The molecule has 0 saturated heterocycles. The number of hydrogen-bond donors (Lipinski definition) is 3. The smallest absolute Gasteiger partial charge is 0.328 e. The summed E-state index contributed by atoms with van der Waals surface area (Å²) in [4.78, 5) is 24.8. The molecule has 0 aliphatic heterocycles. The molecule has 7 heteroatoms. The SMILES string of the molecule is O=c1[nH]cc(Br)c(=O)n1CC(O)CO. The molecule has 1 aromatic rings. The third-order valence-corrected chi connectivity index (χ3v) is 2.19. The van der Waals surface area contributed by atoms with Crippen LogP contribution in [0.15, 0.2) is 20.3 Å². The molecule has 0 bridgehead atoms. The summed E-state index contributed by atoms with van der Waals surface area (Å²) in [5.74, 6) is 0. The number of aliphatic hydroxyl groups is 2. The number of aromatic amines is 1. The van der Waals surface area contributed by atoms with Gasteiger partial charge in [0.1, 0.15) is 0 Å². The van der Waals surface area contributed by atoms with Crippen molar-refractivity contribution >= 4 is 15.9 Å². The van der Waals surface area contributed by atoms with Gasteiger partial charge in [0, 0.05) is 6.20 Å². The third kappa shape index (κ3) is 2.31. The molecule has 1 atom stereocenters. The average molecular weight is 265 g/mol. The fourth-order valence-corrected chi connectivity index (χ4v) is 1.25. The van der Waals surface area contributed by atoms with Gasteiger partial charge < -0.3 is 15.2 Å². The maximum atomic E-state index is 11.3. The average Bonchev–Trinajstić information content (AvgIpc) is 2.18. The van der Waals surface area contributed by atoms with Gasteiger partial charge in [0.15, 0.2) is 0 Å². The third-order valence-electron chi connectivity index (χ3n) is 1.62. The highest BCUT2D eigenvalue weighted by molar-refractivity contribution is 9.10. The molecule has 0 aliphatic carbocycles. The van der Waals surface area contributed by atoms with E-state index in [1.807, 2.05) is 0 Å². The summed E-state index contributed by atoms with van der Waals surface area (Å²) in [5, 5.41) is 17.6. The fraction of sp³-hybridized carbons (Fsp3) is 0.429. The van der Waals surface area contributed by atoms with Crippen molar-refractivity contribution in [3.63, 3.8) is 0 Å². The van der Waals surface area contributed by atoms with Gasteiger partial charge in [0.05, 0.1) is 23.7 Å². The second kappa shape index (κ2) is 4.54. The normalized spacial score (nSPS) is 12.8. The minimum Gasteiger partial charge on any atom is -0.394 e. The van der Waals surface area contributed by atoms with Gasteiger partial charge in [0.2, 0.25) is 0 Å². The van der Waals surface area contributed by atoms with E-state index in [0.29, 0.717) is 0 Å². The van der Waals surface area contributed by atoms with Crippen LogP contribution in [0.2, 0.25) is 0 Å². The van der Waals surface area contributed by atoms with Gasteiger partial charge in [-0.15, -0.1) is 0 Å². The first-order valence-corrected chi connectivity index (χ1v) is 4.62. The Morgan fingerprint density at radius 2 is 2.21 bits per heavy atom. The van der Waals surface area contributed by atoms with Gasteiger partial charge in [-0.25, -0.2) is 4.79 Å². The summed E-state index contributed by atoms with van der Waals surface area (Å²) < 4.78 is 1.01. The number of aliphatic hydroxyl groups excluding tert-OH is 2. The summed E-state index contributed by atoms with van der Waals surface area (Å²) in [6, 6.07) is 0. The van der Waals surface area contributed by atoms with E-state index in [4.69, 9.17) is 10.2 Å². The first-order chi connectivity index (χ1) is 6.56.